The zero-order chi connectivity index (χ0) is 13.3. The number of rotatable bonds is 3. The van der Waals surface area contributed by atoms with Crippen molar-refractivity contribution in [1.29, 1.82) is 0 Å². The molecule has 0 spiro atoms. The first-order valence-corrected chi connectivity index (χ1v) is 6.41. The van der Waals surface area contributed by atoms with E-state index < -0.39 is 5.60 Å². The Balaban J connectivity index is 1.75. The fraction of sp³-hybridized carbons (Fsp3) is 0.583. The summed E-state index contributed by atoms with van der Waals surface area (Å²) in [6, 6.07) is 0. The summed E-state index contributed by atoms with van der Waals surface area (Å²) in [5, 5.41) is 8.11. The first kappa shape index (κ1) is 12.2. The molecule has 3 rings (SSSR count). The summed E-state index contributed by atoms with van der Waals surface area (Å²) in [5.41, 5.74) is 5.79. The number of nitrogens with zero attached hydrogens (tertiary/aromatic N) is 4. The topological polar surface area (TPSA) is 92.0 Å². The lowest BCUT2D eigenvalue weighted by Crippen LogP contribution is -2.31. The molecule has 1 atom stereocenters. The summed E-state index contributed by atoms with van der Waals surface area (Å²) in [4.78, 5) is 4.41. The van der Waals surface area contributed by atoms with E-state index in [1.807, 2.05) is 6.92 Å². The van der Waals surface area contributed by atoms with Crippen LogP contribution in [0.2, 0.25) is 0 Å². The van der Waals surface area contributed by atoms with Crippen LogP contribution in [0.3, 0.4) is 0 Å². The van der Waals surface area contributed by atoms with E-state index in [-0.39, 0.29) is 0 Å². The summed E-state index contributed by atoms with van der Waals surface area (Å²) in [6.45, 7) is 3.17. The Morgan fingerprint density at radius 1 is 1.47 bits per heavy atom. The molecule has 1 fully saturated rings. The van der Waals surface area contributed by atoms with E-state index in [0.29, 0.717) is 23.9 Å². The molecule has 7 heteroatoms. The van der Waals surface area contributed by atoms with Crippen molar-refractivity contribution in [2.45, 2.75) is 38.3 Å². The Kier molecular flexibility index (Phi) is 2.98. The van der Waals surface area contributed by atoms with Crippen LogP contribution < -0.4 is 5.73 Å². The fourth-order valence-electron chi connectivity index (χ4n) is 2.25. The monoisotopic (exact) mass is 263 g/mol. The highest BCUT2D eigenvalue weighted by Crippen LogP contribution is 2.32. The summed E-state index contributed by atoms with van der Waals surface area (Å²) in [7, 11) is 0. The zero-order valence-corrected chi connectivity index (χ0v) is 10.9. The van der Waals surface area contributed by atoms with Gasteiger partial charge in [0.05, 0.1) is 11.9 Å². The van der Waals surface area contributed by atoms with Gasteiger partial charge in [0.2, 0.25) is 11.7 Å². The SMILES string of the molecule is CC1(c2noc(Cn3cc(N)cn3)n2)CCCCO1. The van der Waals surface area contributed by atoms with Crippen LogP contribution in [0.1, 0.15) is 37.9 Å². The predicted octanol–water partition coefficient (Wildman–Crippen LogP) is 1.31. The van der Waals surface area contributed by atoms with E-state index in [4.69, 9.17) is 15.0 Å². The van der Waals surface area contributed by atoms with Crippen LogP contribution in [-0.4, -0.2) is 26.5 Å². The molecule has 0 bridgehead atoms. The Morgan fingerprint density at radius 2 is 2.37 bits per heavy atom. The normalized spacial score (nSPS) is 23.6. The molecule has 2 aromatic rings. The van der Waals surface area contributed by atoms with Gasteiger partial charge >= 0.3 is 0 Å². The molecule has 2 aromatic heterocycles. The molecular formula is C12H17N5O2. The quantitative estimate of drug-likeness (QED) is 0.897. The maximum atomic E-state index is 5.79. The van der Waals surface area contributed by atoms with Crippen LogP contribution in [0.25, 0.3) is 0 Å². The molecule has 1 aliphatic heterocycles. The molecule has 1 unspecified atom stereocenters. The van der Waals surface area contributed by atoms with Crippen molar-refractivity contribution in [3.63, 3.8) is 0 Å². The van der Waals surface area contributed by atoms with Crippen molar-refractivity contribution in [3.05, 3.63) is 24.1 Å². The summed E-state index contributed by atoms with van der Waals surface area (Å²) >= 11 is 0. The fourth-order valence-corrected chi connectivity index (χ4v) is 2.25. The molecule has 0 radical (unpaired) electrons. The smallest absolute Gasteiger partial charge is 0.248 e. The van der Waals surface area contributed by atoms with Gasteiger partial charge in [0.25, 0.3) is 0 Å². The van der Waals surface area contributed by atoms with E-state index in [2.05, 4.69) is 15.2 Å². The lowest BCUT2D eigenvalue weighted by Gasteiger charge is -2.30. The Bertz CT molecular complexity index is 556. The highest BCUT2D eigenvalue weighted by molar-refractivity contribution is 5.30. The molecular weight excluding hydrogens is 246 g/mol. The predicted molar refractivity (Wildman–Crippen MR) is 67.2 cm³/mol. The van der Waals surface area contributed by atoms with Gasteiger partial charge in [-0.2, -0.15) is 10.1 Å². The number of hydrogen-bond acceptors (Lipinski definition) is 6. The molecule has 7 nitrogen and oxygen atoms in total. The number of nitrogens with two attached hydrogens (primary N) is 1. The van der Waals surface area contributed by atoms with E-state index in [9.17, 15) is 0 Å². The third-order valence-electron chi connectivity index (χ3n) is 3.36. The van der Waals surface area contributed by atoms with Crippen LogP contribution in [0.5, 0.6) is 0 Å². The number of nitrogen functional groups attached to an aromatic ring is 1. The number of aromatic nitrogens is 4. The van der Waals surface area contributed by atoms with Gasteiger partial charge < -0.3 is 15.0 Å². The average molecular weight is 263 g/mol. The maximum Gasteiger partial charge on any atom is 0.248 e. The Labute approximate surface area is 110 Å². The number of hydrogen-bond donors (Lipinski definition) is 1. The lowest BCUT2D eigenvalue weighted by molar-refractivity contribution is -0.0770. The van der Waals surface area contributed by atoms with Crippen LogP contribution in [0.15, 0.2) is 16.9 Å². The first-order chi connectivity index (χ1) is 9.16. The zero-order valence-electron chi connectivity index (χ0n) is 10.9. The minimum absolute atomic E-state index is 0.417. The maximum absolute atomic E-state index is 5.79. The minimum Gasteiger partial charge on any atom is -0.396 e. The van der Waals surface area contributed by atoms with Crippen molar-refractivity contribution < 1.29 is 9.26 Å². The van der Waals surface area contributed by atoms with Gasteiger partial charge in [-0.05, 0) is 26.2 Å². The molecule has 2 N–H and O–H groups in total. The van der Waals surface area contributed by atoms with Crippen molar-refractivity contribution >= 4 is 5.69 Å². The number of anilines is 1. The highest BCUT2D eigenvalue weighted by Gasteiger charge is 2.34. The van der Waals surface area contributed by atoms with Crippen LogP contribution in [-0.2, 0) is 16.9 Å². The second-order valence-electron chi connectivity index (χ2n) is 5.02. The van der Waals surface area contributed by atoms with Crippen molar-refractivity contribution in [2.75, 3.05) is 12.3 Å². The largest absolute Gasteiger partial charge is 0.396 e. The second-order valence-corrected chi connectivity index (χ2v) is 5.02. The summed E-state index contributed by atoms with van der Waals surface area (Å²) in [6.07, 6.45) is 6.44. The number of ether oxygens (including phenoxy) is 1. The molecule has 102 valence electrons. The molecule has 0 saturated carbocycles. The summed E-state index contributed by atoms with van der Waals surface area (Å²) < 4.78 is 12.7. The summed E-state index contributed by atoms with van der Waals surface area (Å²) in [5.74, 6) is 1.12. The third kappa shape index (κ3) is 2.46. The lowest BCUT2D eigenvalue weighted by atomic mass is 9.95. The molecule has 3 heterocycles. The van der Waals surface area contributed by atoms with Gasteiger partial charge in [0, 0.05) is 12.8 Å². The second kappa shape index (κ2) is 4.65. The van der Waals surface area contributed by atoms with Gasteiger partial charge in [0.1, 0.15) is 12.1 Å². The van der Waals surface area contributed by atoms with E-state index in [0.717, 1.165) is 25.9 Å². The highest BCUT2D eigenvalue weighted by atomic mass is 16.5. The third-order valence-corrected chi connectivity index (χ3v) is 3.36. The van der Waals surface area contributed by atoms with Crippen LogP contribution >= 0.6 is 0 Å². The molecule has 0 aliphatic carbocycles. The van der Waals surface area contributed by atoms with E-state index >= 15 is 0 Å². The van der Waals surface area contributed by atoms with Gasteiger partial charge in [-0.3, -0.25) is 4.68 Å². The van der Waals surface area contributed by atoms with E-state index in [1.54, 1.807) is 17.1 Å². The van der Waals surface area contributed by atoms with Crippen LogP contribution in [0, 0.1) is 0 Å². The van der Waals surface area contributed by atoms with Crippen LogP contribution in [0.4, 0.5) is 5.69 Å². The molecule has 1 aliphatic rings. The van der Waals surface area contributed by atoms with Gasteiger partial charge in [0.15, 0.2) is 0 Å². The molecule has 19 heavy (non-hydrogen) atoms. The molecule has 0 aromatic carbocycles. The van der Waals surface area contributed by atoms with Crippen molar-refractivity contribution in [2.24, 2.45) is 0 Å². The van der Waals surface area contributed by atoms with Gasteiger partial charge in [-0.15, -0.1) is 0 Å². The van der Waals surface area contributed by atoms with Gasteiger partial charge in [-0.1, -0.05) is 5.16 Å². The Hall–Kier alpha value is -1.89. The molecule has 0 amide bonds. The first-order valence-electron chi connectivity index (χ1n) is 6.41. The average Bonchev–Trinajstić information content (AvgIpc) is 3.01. The standard InChI is InChI=1S/C12H17N5O2/c1-12(4-2-3-5-18-12)11-15-10(19-16-11)8-17-7-9(13)6-14-17/h6-7H,2-5,8,13H2,1H3. The minimum atomic E-state index is -0.427. The van der Waals surface area contributed by atoms with E-state index in [1.165, 1.54) is 0 Å². The molecule has 1 saturated heterocycles. The Morgan fingerprint density at radius 3 is 3.05 bits per heavy atom. The van der Waals surface area contributed by atoms with Crippen molar-refractivity contribution in [3.8, 4) is 0 Å². The van der Waals surface area contributed by atoms with Gasteiger partial charge in [-0.25, -0.2) is 0 Å². The van der Waals surface area contributed by atoms with Crippen molar-refractivity contribution in [1.82, 2.24) is 19.9 Å².